The number of nitrogen functional groups attached to an aromatic ring is 1. The number of amides is 2. The van der Waals surface area contributed by atoms with Crippen LogP contribution in [-0.4, -0.2) is 53.9 Å². The molecule has 4 atom stereocenters. The molecule has 37 heavy (non-hydrogen) atoms. The molecule has 5 rings (SSSR count). The lowest BCUT2D eigenvalue weighted by Crippen LogP contribution is -2.50. The molecule has 1 aliphatic rings. The molecule has 4 aromatic rings. The molecule has 2 aromatic carbocycles. The maximum absolute atomic E-state index is 13.3. The van der Waals surface area contributed by atoms with Gasteiger partial charge in [0, 0.05) is 24.3 Å². The van der Waals surface area contributed by atoms with Crippen LogP contribution >= 0.6 is 11.3 Å². The van der Waals surface area contributed by atoms with E-state index in [0.29, 0.717) is 10.8 Å². The van der Waals surface area contributed by atoms with E-state index in [1.807, 2.05) is 60.8 Å². The summed E-state index contributed by atoms with van der Waals surface area (Å²) in [4.78, 5) is 31.9. The minimum Gasteiger partial charge on any atom is -0.380 e. The quantitative estimate of drug-likeness (QED) is 0.292. The van der Waals surface area contributed by atoms with Crippen LogP contribution in [0.15, 0.2) is 72.4 Å². The van der Waals surface area contributed by atoms with Gasteiger partial charge >= 0.3 is 0 Å². The smallest absolute Gasteiger partial charge is 0.255 e. The summed E-state index contributed by atoms with van der Waals surface area (Å²) < 4.78 is 1.71. The van der Waals surface area contributed by atoms with Crippen molar-refractivity contribution >= 4 is 28.3 Å². The van der Waals surface area contributed by atoms with E-state index in [4.69, 9.17) is 5.73 Å². The number of nitrogens with two attached hydrogens (primary N) is 1. The van der Waals surface area contributed by atoms with Crippen molar-refractivity contribution in [2.75, 3.05) is 5.73 Å². The minimum atomic E-state index is -1.96. The van der Waals surface area contributed by atoms with Gasteiger partial charge in [0.25, 0.3) is 11.8 Å². The van der Waals surface area contributed by atoms with Crippen molar-refractivity contribution in [3.63, 3.8) is 0 Å². The molecule has 0 spiro atoms. The Morgan fingerprint density at radius 3 is 2.54 bits per heavy atom. The average molecular weight is 519 g/mol. The van der Waals surface area contributed by atoms with Crippen LogP contribution in [0.4, 0.5) is 5.13 Å². The second-order valence-corrected chi connectivity index (χ2v) is 9.73. The lowest BCUT2D eigenvalue weighted by molar-refractivity contribution is -0.154. The molecule has 0 aliphatic carbocycles. The maximum Gasteiger partial charge on any atom is 0.255 e. The number of fused-ring (bicyclic) bond motifs is 1. The number of nitrogens with one attached hydrogen (secondary N) is 1. The number of nitrogens with zero attached hydrogens (tertiary/aromatic N) is 4. The zero-order valence-electron chi connectivity index (χ0n) is 19.9. The summed E-state index contributed by atoms with van der Waals surface area (Å²) in [5.74, 6) is -1.62. The van der Waals surface area contributed by atoms with Gasteiger partial charge in [-0.2, -0.15) is 5.10 Å². The Morgan fingerprint density at radius 2 is 1.86 bits per heavy atom. The Kier molecular flexibility index (Phi) is 6.74. The van der Waals surface area contributed by atoms with Crippen LogP contribution in [0.1, 0.15) is 41.4 Å². The number of hydrogen-bond donors (Lipinski definition) is 4. The van der Waals surface area contributed by atoms with Gasteiger partial charge in [0.05, 0.1) is 17.4 Å². The molecule has 190 valence electrons. The van der Waals surface area contributed by atoms with E-state index in [-0.39, 0.29) is 6.54 Å². The third-order valence-corrected chi connectivity index (χ3v) is 7.14. The second-order valence-electron chi connectivity index (χ2n) is 8.84. The van der Waals surface area contributed by atoms with Crippen LogP contribution in [0.5, 0.6) is 0 Å². The molecule has 0 saturated carbocycles. The lowest BCUT2D eigenvalue weighted by atomic mass is 10.0. The van der Waals surface area contributed by atoms with Gasteiger partial charge < -0.3 is 26.2 Å². The number of benzene rings is 2. The summed E-state index contributed by atoms with van der Waals surface area (Å²) in [5, 5.41) is 30.3. The molecule has 0 unspecified atom stereocenters. The number of anilines is 1. The van der Waals surface area contributed by atoms with Gasteiger partial charge in [0.1, 0.15) is 6.04 Å². The molecule has 0 fully saturated rings. The largest absolute Gasteiger partial charge is 0.380 e. The molecule has 11 heteroatoms. The molecule has 0 bridgehead atoms. The van der Waals surface area contributed by atoms with Crippen LogP contribution in [0, 0.1) is 0 Å². The first kappa shape index (κ1) is 24.6. The monoisotopic (exact) mass is 518 g/mol. The van der Waals surface area contributed by atoms with Gasteiger partial charge in [0.2, 0.25) is 0 Å². The van der Waals surface area contributed by atoms with Gasteiger partial charge in [-0.3, -0.25) is 9.59 Å². The summed E-state index contributed by atoms with van der Waals surface area (Å²) in [5.41, 5.74) is 9.79. The standard InChI is InChI=1S/C26H26N6O4S/c1-15(16-7-9-18(10-8-16)32-12-4-11-28-32)29-24(35)22(33)23(34)25(36)31-13-17-5-2-3-6-19(17)21(31)20-14-37-26(27)30-20/h2-12,14-15,21-23,33-34H,13H2,1H3,(H2,27,30)(H,29,35)/t15-,21+,22-,23-/m1/s1. The Balaban J connectivity index is 1.27. The Hall–Kier alpha value is -4.06. The van der Waals surface area contributed by atoms with E-state index in [1.54, 1.807) is 23.2 Å². The Labute approximate surface area is 217 Å². The van der Waals surface area contributed by atoms with Crippen LogP contribution in [0.25, 0.3) is 5.69 Å². The lowest BCUT2D eigenvalue weighted by Gasteiger charge is -2.28. The predicted molar refractivity (Wildman–Crippen MR) is 137 cm³/mol. The highest BCUT2D eigenvalue weighted by atomic mass is 32.1. The summed E-state index contributed by atoms with van der Waals surface area (Å²) in [6, 6.07) is 15.7. The molecule has 1 aliphatic heterocycles. The van der Waals surface area contributed by atoms with E-state index >= 15 is 0 Å². The highest BCUT2D eigenvalue weighted by Crippen LogP contribution is 2.39. The van der Waals surface area contributed by atoms with Gasteiger partial charge in [-0.25, -0.2) is 9.67 Å². The fourth-order valence-corrected chi connectivity index (χ4v) is 5.09. The molecule has 10 nitrogen and oxygen atoms in total. The molecular formula is C26H26N6O4S. The van der Waals surface area contributed by atoms with Crippen molar-refractivity contribution < 1.29 is 19.8 Å². The van der Waals surface area contributed by atoms with Gasteiger partial charge in [-0.05, 0) is 41.8 Å². The third-order valence-electron chi connectivity index (χ3n) is 6.45. The molecule has 2 amide bonds. The molecule has 3 heterocycles. The number of aromatic nitrogens is 3. The number of carbonyl (C=O) groups is 2. The number of aliphatic hydroxyl groups excluding tert-OH is 2. The second kappa shape index (κ2) is 10.1. The van der Waals surface area contributed by atoms with E-state index < -0.39 is 36.1 Å². The van der Waals surface area contributed by atoms with E-state index in [9.17, 15) is 19.8 Å². The zero-order valence-corrected chi connectivity index (χ0v) is 20.7. The Bertz CT molecular complexity index is 1400. The Morgan fingerprint density at radius 1 is 1.11 bits per heavy atom. The van der Waals surface area contributed by atoms with Crippen LogP contribution < -0.4 is 11.1 Å². The zero-order chi connectivity index (χ0) is 26.1. The molecule has 0 radical (unpaired) electrons. The van der Waals surface area contributed by atoms with Gasteiger partial charge in [-0.15, -0.1) is 11.3 Å². The predicted octanol–water partition coefficient (Wildman–Crippen LogP) is 1.94. The highest BCUT2D eigenvalue weighted by molar-refractivity contribution is 7.13. The van der Waals surface area contributed by atoms with Gasteiger partial charge in [0.15, 0.2) is 17.3 Å². The minimum absolute atomic E-state index is 0.210. The van der Waals surface area contributed by atoms with E-state index in [2.05, 4.69) is 15.4 Å². The summed E-state index contributed by atoms with van der Waals surface area (Å²) in [7, 11) is 0. The number of thiazole rings is 1. The van der Waals surface area contributed by atoms with Crippen molar-refractivity contribution in [2.45, 2.75) is 37.8 Å². The SMILES string of the molecule is C[C@@H](NC(=O)[C@H](O)[C@@H](O)C(=O)N1Cc2ccccc2[C@H]1c1csc(N)n1)c1ccc(-n2cccn2)cc1. The van der Waals surface area contributed by atoms with Crippen molar-refractivity contribution in [1.29, 1.82) is 0 Å². The first-order chi connectivity index (χ1) is 17.8. The van der Waals surface area contributed by atoms with Crippen molar-refractivity contribution in [3.8, 4) is 5.69 Å². The average Bonchev–Trinajstić information content (AvgIpc) is 3.67. The fraction of sp³-hybridized carbons (Fsp3) is 0.231. The highest BCUT2D eigenvalue weighted by Gasteiger charge is 2.41. The summed E-state index contributed by atoms with van der Waals surface area (Å²) in [6.07, 6.45) is -0.410. The maximum atomic E-state index is 13.3. The van der Waals surface area contributed by atoms with Crippen LogP contribution in [-0.2, 0) is 16.1 Å². The van der Waals surface area contributed by atoms with E-state index in [1.165, 1.54) is 16.2 Å². The summed E-state index contributed by atoms with van der Waals surface area (Å²) >= 11 is 1.25. The third kappa shape index (κ3) is 4.84. The first-order valence-corrected chi connectivity index (χ1v) is 12.6. The van der Waals surface area contributed by atoms with Crippen molar-refractivity contribution in [1.82, 2.24) is 25.0 Å². The molecule has 0 saturated heterocycles. The van der Waals surface area contributed by atoms with Crippen LogP contribution in [0.2, 0.25) is 0 Å². The molecule has 2 aromatic heterocycles. The number of hydrogen-bond acceptors (Lipinski definition) is 8. The van der Waals surface area contributed by atoms with Crippen molar-refractivity contribution in [2.24, 2.45) is 0 Å². The normalized spacial score (nSPS) is 17.2. The fourth-order valence-electron chi connectivity index (χ4n) is 4.51. The van der Waals surface area contributed by atoms with E-state index in [0.717, 1.165) is 22.4 Å². The first-order valence-electron chi connectivity index (χ1n) is 11.7. The van der Waals surface area contributed by atoms with Gasteiger partial charge in [-0.1, -0.05) is 36.4 Å². The molecular weight excluding hydrogens is 492 g/mol. The topological polar surface area (TPSA) is 147 Å². The number of carbonyl (C=O) groups excluding carboxylic acids is 2. The summed E-state index contributed by atoms with van der Waals surface area (Å²) in [6.45, 7) is 1.96. The number of aliphatic hydroxyl groups is 2. The van der Waals surface area contributed by atoms with Crippen molar-refractivity contribution in [3.05, 3.63) is 94.8 Å². The van der Waals surface area contributed by atoms with Crippen LogP contribution in [0.3, 0.4) is 0 Å². The number of rotatable bonds is 7. The molecule has 5 N–H and O–H groups in total.